The summed E-state index contributed by atoms with van der Waals surface area (Å²) in [6.45, 7) is 1.94. The van der Waals surface area contributed by atoms with Gasteiger partial charge in [-0.1, -0.05) is 5.92 Å². The molecule has 13 heavy (non-hydrogen) atoms. The van der Waals surface area contributed by atoms with E-state index < -0.39 is 0 Å². The highest BCUT2D eigenvalue weighted by atomic mass is 16.5. The first-order valence-electron chi connectivity index (χ1n) is 4.35. The monoisotopic (exact) mass is 180 g/mol. The lowest BCUT2D eigenvalue weighted by molar-refractivity contribution is -0.874. The smallest absolute Gasteiger partial charge is 0.335 e. The number of esters is 1. The van der Waals surface area contributed by atoms with Crippen LogP contribution in [-0.2, 0) is 9.53 Å². The standard InChI is InChI=1S/C10H13NO2/c1-3-8-13-10(12)9-4-6-11(2)7-5-9/h1,4H,5-8H2,2H3/p+1. The summed E-state index contributed by atoms with van der Waals surface area (Å²) in [5.41, 5.74) is 0.765. The number of likely N-dealkylation sites (N-methyl/N-ethyl adjacent to an activating group) is 1. The summed E-state index contributed by atoms with van der Waals surface area (Å²) in [4.78, 5) is 12.7. The first kappa shape index (κ1) is 9.82. The Balaban J connectivity index is 2.44. The van der Waals surface area contributed by atoms with Gasteiger partial charge in [-0.3, -0.25) is 0 Å². The van der Waals surface area contributed by atoms with Crippen molar-refractivity contribution in [2.45, 2.75) is 6.42 Å². The maximum atomic E-state index is 11.3. The van der Waals surface area contributed by atoms with Crippen LogP contribution in [0.25, 0.3) is 0 Å². The Morgan fingerprint density at radius 2 is 2.62 bits per heavy atom. The fourth-order valence-corrected chi connectivity index (χ4v) is 1.23. The minimum atomic E-state index is -0.259. The molecule has 0 aromatic rings. The van der Waals surface area contributed by atoms with Crippen LogP contribution >= 0.6 is 0 Å². The lowest BCUT2D eigenvalue weighted by Crippen LogP contribution is -3.09. The van der Waals surface area contributed by atoms with Gasteiger partial charge in [-0.25, -0.2) is 4.79 Å². The zero-order valence-electron chi connectivity index (χ0n) is 7.80. The third kappa shape index (κ3) is 2.92. The summed E-state index contributed by atoms with van der Waals surface area (Å²) >= 11 is 0. The molecule has 0 aliphatic carbocycles. The van der Waals surface area contributed by atoms with E-state index in [4.69, 9.17) is 11.2 Å². The fraction of sp³-hybridized carbons (Fsp3) is 0.500. The van der Waals surface area contributed by atoms with Gasteiger partial charge in [0.25, 0.3) is 0 Å². The second kappa shape index (κ2) is 4.68. The van der Waals surface area contributed by atoms with E-state index in [1.54, 1.807) is 0 Å². The molecule has 0 bridgehead atoms. The van der Waals surface area contributed by atoms with E-state index >= 15 is 0 Å². The van der Waals surface area contributed by atoms with Crippen LogP contribution in [0.5, 0.6) is 0 Å². The van der Waals surface area contributed by atoms with Crippen molar-refractivity contribution in [1.82, 2.24) is 0 Å². The Morgan fingerprint density at radius 3 is 3.15 bits per heavy atom. The van der Waals surface area contributed by atoms with Crippen LogP contribution in [-0.4, -0.2) is 32.7 Å². The van der Waals surface area contributed by atoms with Gasteiger partial charge in [0.05, 0.1) is 20.1 Å². The quantitative estimate of drug-likeness (QED) is 0.437. The molecule has 70 valence electrons. The zero-order valence-corrected chi connectivity index (χ0v) is 7.80. The molecule has 0 fully saturated rings. The Bertz CT molecular complexity index is 263. The molecule has 1 rings (SSSR count). The number of carbonyl (C=O) groups is 1. The Labute approximate surface area is 78.4 Å². The predicted molar refractivity (Wildman–Crippen MR) is 49.1 cm³/mol. The van der Waals surface area contributed by atoms with Crippen molar-refractivity contribution in [2.24, 2.45) is 0 Å². The van der Waals surface area contributed by atoms with E-state index in [-0.39, 0.29) is 12.6 Å². The number of carbonyl (C=O) groups excluding carboxylic acids is 1. The van der Waals surface area contributed by atoms with Gasteiger partial charge < -0.3 is 9.64 Å². The van der Waals surface area contributed by atoms with Crippen molar-refractivity contribution < 1.29 is 14.4 Å². The van der Waals surface area contributed by atoms with Crippen molar-refractivity contribution in [3.05, 3.63) is 11.6 Å². The largest absolute Gasteiger partial charge is 0.449 e. The molecule has 0 amide bonds. The SMILES string of the molecule is C#CCOC(=O)C1=CC[NH+](C)CC1. The van der Waals surface area contributed by atoms with Crippen LogP contribution in [0.1, 0.15) is 6.42 Å². The minimum absolute atomic E-state index is 0.0683. The van der Waals surface area contributed by atoms with Crippen LogP contribution in [0.15, 0.2) is 11.6 Å². The first-order chi connectivity index (χ1) is 6.24. The third-order valence-electron chi connectivity index (χ3n) is 2.07. The summed E-state index contributed by atoms with van der Waals surface area (Å²) in [6.07, 6.45) is 7.69. The molecule has 0 radical (unpaired) electrons. The molecule has 1 aliphatic heterocycles. The molecule has 0 aromatic heterocycles. The van der Waals surface area contributed by atoms with Crippen molar-refractivity contribution in [1.29, 1.82) is 0 Å². The zero-order chi connectivity index (χ0) is 9.68. The predicted octanol–water partition coefficient (Wildman–Crippen LogP) is -0.992. The van der Waals surface area contributed by atoms with Crippen molar-refractivity contribution >= 4 is 5.97 Å². The molecule has 0 saturated heterocycles. The molecule has 1 atom stereocenters. The van der Waals surface area contributed by atoms with Crippen LogP contribution in [0.3, 0.4) is 0 Å². The number of ether oxygens (including phenoxy) is 1. The molecule has 1 unspecified atom stereocenters. The van der Waals surface area contributed by atoms with Crippen LogP contribution in [0, 0.1) is 12.3 Å². The Kier molecular flexibility index (Phi) is 3.53. The maximum Gasteiger partial charge on any atom is 0.335 e. The highest BCUT2D eigenvalue weighted by molar-refractivity contribution is 5.88. The lowest BCUT2D eigenvalue weighted by Gasteiger charge is -2.17. The van der Waals surface area contributed by atoms with Gasteiger partial charge >= 0.3 is 5.97 Å². The minimum Gasteiger partial charge on any atom is -0.449 e. The molecule has 0 spiro atoms. The summed E-state index contributed by atoms with van der Waals surface area (Å²) in [6, 6.07) is 0. The fourth-order valence-electron chi connectivity index (χ4n) is 1.23. The topological polar surface area (TPSA) is 30.7 Å². The van der Waals surface area contributed by atoms with Crippen molar-refractivity contribution in [2.75, 3.05) is 26.7 Å². The van der Waals surface area contributed by atoms with E-state index in [2.05, 4.69) is 13.0 Å². The van der Waals surface area contributed by atoms with Gasteiger partial charge in [0.2, 0.25) is 0 Å². The lowest BCUT2D eigenvalue weighted by atomic mass is 10.1. The van der Waals surface area contributed by atoms with E-state index in [0.29, 0.717) is 0 Å². The van der Waals surface area contributed by atoms with Gasteiger partial charge in [0.15, 0.2) is 6.61 Å². The number of hydrogen-bond donors (Lipinski definition) is 1. The number of quaternary nitrogens is 1. The summed E-state index contributed by atoms with van der Waals surface area (Å²) < 4.78 is 4.81. The number of hydrogen-bond acceptors (Lipinski definition) is 2. The molecule has 1 aliphatic rings. The number of nitrogens with one attached hydrogen (secondary N) is 1. The molecule has 3 nitrogen and oxygen atoms in total. The van der Waals surface area contributed by atoms with Gasteiger partial charge in [0.1, 0.15) is 0 Å². The maximum absolute atomic E-state index is 11.3. The van der Waals surface area contributed by atoms with Crippen LogP contribution < -0.4 is 4.90 Å². The highest BCUT2D eigenvalue weighted by Gasteiger charge is 2.17. The van der Waals surface area contributed by atoms with E-state index in [1.165, 1.54) is 4.90 Å². The summed E-state index contributed by atoms with van der Waals surface area (Å²) in [5.74, 6) is 2.01. The second-order valence-corrected chi connectivity index (χ2v) is 3.17. The Hall–Kier alpha value is -1.27. The van der Waals surface area contributed by atoms with Gasteiger partial charge in [-0.05, 0) is 6.08 Å². The molecule has 0 aromatic carbocycles. The Morgan fingerprint density at radius 1 is 1.85 bits per heavy atom. The van der Waals surface area contributed by atoms with Crippen molar-refractivity contribution in [3.63, 3.8) is 0 Å². The van der Waals surface area contributed by atoms with Crippen molar-refractivity contribution in [3.8, 4) is 12.3 Å². The molecule has 1 heterocycles. The number of terminal acetylenes is 1. The molecule has 1 N–H and O–H groups in total. The number of rotatable bonds is 2. The molecule has 3 heteroatoms. The average molecular weight is 180 g/mol. The van der Waals surface area contributed by atoms with E-state index in [0.717, 1.165) is 25.1 Å². The van der Waals surface area contributed by atoms with Gasteiger partial charge in [-0.15, -0.1) is 6.42 Å². The van der Waals surface area contributed by atoms with Gasteiger partial charge in [0, 0.05) is 12.0 Å². The normalized spacial score (nSPS) is 21.5. The van der Waals surface area contributed by atoms with Gasteiger partial charge in [-0.2, -0.15) is 0 Å². The molecular weight excluding hydrogens is 166 g/mol. The summed E-state index contributed by atoms with van der Waals surface area (Å²) in [7, 11) is 2.10. The second-order valence-electron chi connectivity index (χ2n) is 3.17. The third-order valence-corrected chi connectivity index (χ3v) is 2.07. The van der Waals surface area contributed by atoms with Crippen LogP contribution in [0.4, 0.5) is 0 Å². The van der Waals surface area contributed by atoms with E-state index in [1.807, 2.05) is 6.08 Å². The molecule has 0 saturated carbocycles. The van der Waals surface area contributed by atoms with E-state index in [9.17, 15) is 4.79 Å². The highest BCUT2D eigenvalue weighted by Crippen LogP contribution is 2.03. The van der Waals surface area contributed by atoms with Crippen LogP contribution in [0.2, 0.25) is 0 Å². The first-order valence-corrected chi connectivity index (χ1v) is 4.35. The average Bonchev–Trinajstić information content (AvgIpc) is 2.15. The molecular formula is C10H14NO2+. The summed E-state index contributed by atoms with van der Waals surface area (Å²) in [5, 5.41) is 0.